The first kappa shape index (κ1) is 6.14. The van der Waals surface area contributed by atoms with Gasteiger partial charge >= 0.3 is 0 Å². The van der Waals surface area contributed by atoms with E-state index in [4.69, 9.17) is 10.5 Å². The predicted octanol–water partition coefficient (Wildman–Crippen LogP) is 1.39. The molecule has 0 aromatic carbocycles. The number of allylic oxidation sites excluding steroid dienone is 2. The van der Waals surface area contributed by atoms with Crippen LogP contribution in [0.15, 0.2) is 11.6 Å². The monoisotopic (exact) mass is 103 g/mol. The van der Waals surface area contributed by atoms with Crippen LogP contribution in [0.3, 0.4) is 0 Å². The van der Waals surface area contributed by atoms with Crippen LogP contribution < -0.4 is 0 Å². The van der Waals surface area contributed by atoms with E-state index in [9.17, 15) is 4.39 Å². The fourth-order valence-corrected chi connectivity index (χ4v) is 0.104. The zero-order valence-electron chi connectivity index (χ0n) is 3.90. The molecule has 0 amide bonds. The molecule has 0 heterocycles. The second kappa shape index (κ2) is 2.34. The summed E-state index contributed by atoms with van der Waals surface area (Å²) in [5, 5.41) is 14.4. The summed E-state index contributed by atoms with van der Waals surface area (Å²) in [6.45, 7) is 1.18. The molecule has 0 aliphatic rings. The maximum Gasteiger partial charge on any atom is 0.177 e. The van der Waals surface area contributed by atoms with Crippen molar-refractivity contribution in [2.24, 2.45) is 0 Å². The topological polar surface area (TPSA) is 44.1 Å². The number of halogens is 1. The van der Waals surface area contributed by atoms with Crippen molar-refractivity contribution in [3.05, 3.63) is 11.6 Å². The molecule has 7 heavy (non-hydrogen) atoms. The highest BCUT2D eigenvalue weighted by atomic mass is 19.1. The van der Waals surface area contributed by atoms with Gasteiger partial charge in [0.1, 0.15) is 5.76 Å². The normalized spacial score (nSPS) is 12.9. The first-order valence-corrected chi connectivity index (χ1v) is 1.74. The van der Waals surface area contributed by atoms with Crippen molar-refractivity contribution in [3.63, 3.8) is 0 Å². The number of nitrogens with one attached hydrogen (secondary N) is 1. The van der Waals surface area contributed by atoms with Crippen LogP contribution in [0.2, 0.25) is 0 Å². The molecule has 0 aliphatic carbocycles. The standard InChI is InChI=1S/C4H6FNO/c1-3(7)4(5)2-6/h2,6-7H,1H3/b4-3+,6-2?. The summed E-state index contributed by atoms with van der Waals surface area (Å²) in [7, 11) is 0. The van der Waals surface area contributed by atoms with Gasteiger partial charge in [0.05, 0.1) is 6.21 Å². The fraction of sp³-hybridized carbons (Fsp3) is 0.250. The van der Waals surface area contributed by atoms with E-state index < -0.39 is 11.6 Å². The fourth-order valence-electron chi connectivity index (χ4n) is 0.104. The average molecular weight is 103 g/mol. The van der Waals surface area contributed by atoms with Gasteiger partial charge in [0.25, 0.3) is 0 Å². The average Bonchev–Trinajstić information content (AvgIpc) is 1.65. The summed E-state index contributed by atoms with van der Waals surface area (Å²) in [4.78, 5) is 0. The highest BCUT2D eigenvalue weighted by Gasteiger charge is 1.89. The van der Waals surface area contributed by atoms with Crippen molar-refractivity contribution in [2.75, 3.05) is 0 Å². The molecule has 0 fully saturated rings. The first-order chi connectivity index (χ1) is 3.18. The molecular weight excluding hydrogens is 97.0 g/mol. The lowest BCUT2D eigenvalue weighted by Gasteiger charge is -1.83. The van der Waals surface area contributed by atoms with Gasteiger partial charge in [0.15, 0.2) is 5.83 Å². The smallest absolute Gasteiger partial charge is 0.177 e. The summed E-state index contributed by atoms with van der Waals surface area (Å²) in [5.41, 5.74) is 0. The van der Waals surface area contributed by atoms with Gasteiger partial charge in [-0.1, -0.05) is 0 Å². The molecule has 0 aliphatic heterocycles. The largest absolute Gasteiger partial charge is 0.509 e. The summed E-state index contributed by atoms with van der Waals surface area (Å²) >= 11 is 0. The molecule has 2 N–H and O–H groups in total. The van der Waals surface area contributed by atoms with E-state index in [1.165, 1.54) is 6.92 Å². The van der Waals surface area contributed by atoms with Gasteiger partial charge in [-0.2, -0.15) is 0 Å². The van der Waals surface area contributed by atoms with Crippen molar-refractivity contribution >= 4 is 6.21 Å². The summed E-state index contributed by atoms with van der Waals surface area (Å²) in [6.07, 6.45) is 0.454. The number of hydrogen-bond donors (Lipinski definition) is 2. The Morgan fingerprint density at radius 3 is 2.29 bits per heavy atom. The maximum absolute atomic E-state index is 11.6. The third kappa shape index (κ3) is 1.92. The van der Waals surface area contributed by atoms with Gasteiger partial charge in [-0.3, -0.25) is 0 Å². The molecule has 0 saturated heterocycles. The Bertz CT molecular complexity index is 104. The highest BCUT2D eigenvalue weighted by molar-refractivity contribution is 5.72. The zero-order valence-corrected chi connectivity index (χ0v) is 3.90. The summed E-state index contributed by atoms with van der Waals surface area (Å²) in [6, 6.07) is 0. The van der Waals surface area contributed by atoms with Crippen LogP contribution in [0.25, 0.3) is 0 Å². The van der Waals surface area contributed by atoms with Crippen LogP contribution in [0, 0.1) is 5.41 Å². The Hall–Kier alpha value is -0.860. The van der Waals surface area contributed by atoms with Crippen molar-refractivity contribution in [1.29, 1.82) is 5.41 Å². The minimum absolute atomic E-state index is 0.449. The van der Waals surface area contributed by atoms with E-state index >= 15 is 0 Å². The lowest BCUT2D eigenvalue weighted by molar-refractivity contribution is 0.392. The zero-order chi connectivity index (χ0) is 5.86. The second-order valence-electron chi connectivity index (χ2n) is 1.08. The van der Waals surface area contributed by atoms with Crippen LogP contribution >= 0.6 is 0 Å². The molecule has 2 nitrogen and oxygen atoms in total. The Balaban J connectivity index is 3.98. The van der Waals surface area contributed by atoms with Gasteiger partial charge in [0.2, 0.25) is 0 Å². The third-order valence-electron chi connectivity index (χ3n) is 0.472. The van der Waals surface area contributed by atoms with Crippen LogP contribution in [0.5, 0.6) is 0 Å². The first-order valence-electron chi connectivity index (χ1n) is 1.74. The molecule has 0 radical (unpaired) electrons. The lowest BCUT2D eigenvalue weighted by Crippen LogP contribution is -1.78. The van der Waals surface area contributed by atoms with E-state index in [-0.39, 0.29) is 0 Å². The summed E-state index contributed by atoms with van der Waals surface area (Å²) in [5.74, 6) is -1.34. The third-order valence-corrected chi connectivity index (χ3v) is 0.472. The van der Waals surface area contributed by atoms with Crippen LogP contribution in [-0.4, -0.2) is 11.3 Å². The summed E-state index contributed by atoms with van der Waals surface area (Å²) < 4.78 is 11.6. The molecular formula is C4H6FNO. The second-order valence-corrected chi connectivity index (χ2v) is 1.08. The minimum Gasteiger partial charge on any atom is -0.509 e. The molecule has 3 heteroatoms. The SMILES string of the molecule is C/C(O)=C(\F)C=N. The molecule has 0 unspecified atom stereocenters. The molecule has 0 bridgehead atoms. The predicted molar refractivity (Wildman–Crippen MR) is 25.2 cm³/mol. The Kier molecular flexibility index (Phi) is 2.05. The molecule has 40 valence electrons. The molecule has 0 aromatic rings. The molecule has 0 aromatic heterocycles. The van der Waals surface area contributed by atoms with E-state index in [0.717, 1.165) is 0 Å². The van der Waals surface area contributed by atoms with Gasteiger partial charge in [0, 0.05) is 0 Å². The van der Waals surface area contributed by atoms with Gasteiger partial charge < -0.3 is 10.5 Å². The van der Waals surface area contributed by atoms with Gasteiger partial charge in [-0.05, 0) is 6.92 Å². The number of aliphatic hydroxyl groups excluding tert-OH is 1. The number of rotatable bonds is 1. The van der Waals surface area contributed by atoms with Crippen molar-refractivity contribution in [2.45, 2.75) is 6.92 Å². The lowest BCUT2D eigenvalue weighted by atomic mass is 10.5. The van der Waals surface area contributed by atoms with Crippen LogP contribution in [0.1, 0.15) is 6.92 Å². The van der Waals surface area contributed by atoms with Crippen LogP contribution in [0.4, 0.5) is 4.39 Å². The van der Waals surface area contributed by atoms with Crippen molar-refractivity contribution in [1.82, 2.24) is 0 Å². The van der Waals surface area contributed by atoms with E-state index in [2.05, 4.69) is 0 Å². The highest BCUT2D eigenvalue weighted by Crippen LogP contribution is 1.95. The number of hydrogen-bond acceptors (Lipinski definition) is 2. The molecule has 0 atom stereocenters. The van der Waals surface area contributed by atoms with Gasteiger partial charge in [-0.25, -0.2) is 4.39 Å². The van der Waals surface area contributed by atoms with Gasteiger partial charge in [-0.15, -0.1) is 0 Å². The molecule has 0 saturated carbocycles. The molecule has 0 rings (SSSR count). The Labute approximate surface area is 40.8 Å². The quantitative estimate of drug-likeness (QED) is 0.382. The van der Waals surface area contributed by atoms with Crippen LogP contribution in [-0.2, 0) is 0 Å². The Morgan fingerprint density at radius 2 is 2.29 bits per heavy atom. The number of aliphatic hydroxyl groups is 1. The van der Waals surface area contributed by atoms with E-state index in [0.29, 0.717) is 6.21 Å². The maximum atomic E-state index is 11.6. The minimum atomic E-state index is -0.889. The molecule has 0 spiro atoms. The van der Waals surface area contributed by atoms with E-state index in [1.807, 2.05) is 0 Å². The van der Waals surface area contributed by atoms with E-state index in [1.54, 1.807) is 0 Å². The Morgan fingerprint density at radius 1 is 1.86 bits per heavy atom. The van der Waals surface area contributed by atoms with Crippen molar-refractivity contribution < 1.29 is 9.50 Å². The van der Waals surface area contributed by atoms with Crippen molar-refractivity contribution in [3.8, 4) is 0 Å².